The van der Waals surface area contributed by atoms with Gasteiger partial charge in [-0.1, -0.05) is 30.3 Å². The summed E-state index contributed by atoms with van der Waals surface area (Å²) < 4.78 is 3.31. The second kappa shape index (κ2) is 7.46. The standard InChI is InChI=1S/C22H27N5O2/c1-13(2)27-19(23)16(21(28)24-15-7-5-4-6-8-15)11-17-20(27)25-18-10-9-14(3)12-26(18)22(17)29/h9-13,15,23H,4-8H2,1-3H3,(H,24,28)/p+1. The first-order valence-electron chi connectivity index (χ1n) is 10.3. The molecule has 1 saturated carbocycles. The minimum absolute atomic E-state index is 0.0558. The molecule has 152 valence electrons. The molecular weight excluding hydrogens is 366 g/mol. The van der Waals surface area contributed by atoms with Crippen LogP contribution in [0.15, 0.2) is 29.2 Å². The van der Waals surface area contributed by atoms with E-state index in [-0.39, 0.29) is 23.6 Å². The molecule has 0 aromatic carbocycles. The molecule has 0 atom stereocenters. The molecule has 3 aromatic rings. The fourth-order valence-corrected chi connectivity index (χ4v) is 4.23. The third kappa shape index (κ3) is 3.45. The van der Waals surface area contributed by atoms with E-state index < -0.39 is 0 Å². The molecule has 1 fully saturated rings. The zero-order valence-corrected chi connectivity index (χ0v) is 17.2. The monoisotopic (exact) mass is 394 g/mol. The normalized spacial score (nSPS) is 15.3. The number of nitrogens with one attached hydrogen (secondary N) is 1. The summed E-state index contributed by atoms with van der Waals surface area (Å²) in [5.41, 5.74) is 8.58. The lowest BCUT2D eigenvalue weighted by molar-refractivity contribution is -0.679. The minimum Gasteiger partial charge on any atom is -0.349 e. The van der Waals surface area contributed by atoms with Crippen LogP contribution in [0.3, 0.4) is 0 Å². The van der Waals surface area contributed by atoms with E-state index in [1.54, 1.807) is 16.8 Å². The van der Waals surface area contributed by atoms with Crippen molar-refractivity contribution >= 4 is 28.4 Å². The molecule has 29 heavy (non-hydrogen) atoms. The second-order valence-corrected chi connectivity index (χ2v) is 8.30. The van der Waals surface area contributed by atoms with Gasteiger partial charge in [0.1, 0.15) is 10.9 Å². The summed E-state index contributed by atoms with van der Waals surface area (Å²) in [6, 6.07) is 5.45. The van der Waals surface area contributed by atoms with Crippen LogP contribution in [-0.2, 0) is 0 Å². The second-order valence-electron chi connectivity index (χ2n) is 8.30. The molecular formula is C22H28N5O2+. The Labute approximate surface area is 169 Å². The Morgan fingerprint density at radius 2 is 2.00 bits per heavy atom. The van der Waals surface area contributed by atoms with Crippen molar-refractivity contribution in [2.45, 2.75) is 65.0 Å². The first-order chi connectivity index (χ1) is 13.9. The smallest absolute Gasteiger partial charge is 0.278 e. The van der Waals surface area contributed by atoms with Gasteiger partial charge in [0.2, 0.25) is 11.5 Å². The molecule has 1 amide bonds. The average Bonchev–Trinajstić information content (AvgIpc) is 2.69. The number of nitrogen functional groups attached to an aromatic ring is 1. The molecule has 0 saturated heterocycles. The number of anilines is 1. The van der Waals surface area contributed by atoms with Gasteiger partial charge in [0.05, 0.1) is 6.04 Å². The van der Waals surface area contributed by atoms with Crippen molar-refractivity contribution in [3.8, 4) is 0 Å². The highest BCUT2D eigenvalue weighted by Gasteiger charge is 2.27. The van der Waals surface area contributed by atoms with Gasteiger partial charge >= 0.3 is 0 Å². The number of pyridine rings is 2. The fraction of sp³-hybridized carbons (Fsp3) is 0.455. The third-order valence-electron chi connectivity index (χ3n) is 5.74. The summed E-state index contributed by atoms with van der Waals surface area (Å²) in [5.74, 6) is 0.114. The predicted molar refractivity (Wildman–Crippen MR) is 113 cm³/mol. The molecule has 0 bridgehead atoms. The first-order valence-corrected chi connectivity index (χ1v) is 10.3. The van der Waals surface area contributed by atoms with E-state index in [0.29, 0.717) is 28.1 Å². The molecule has 3 aromatic heterocycles. The molecule has 1 aliphatic carbocycles. The Morgan fingerprint density at radius 3 is 2.69 bits per heavy atom. The van der Waals surface area contributed by atoms with Crippen LogP contribution in [-0.4, -0.2) is 21.3 Å². The third-order valence-corrected chi connectivity index (χ3v) is 5.74. The van der Waals surface area contributed by atoms with E-state index >= 15 is 0 Å². The van der Waals surface area contributed by atoms with Crippen LogP contribution >= 0.6 is 0 Å². The van der Waals surface area contributed by atoms with Crippen molar-refractivity contribution in [1.29, 1.82) is 0 Å². The van der Waals surface area contributed by atoms with E-state index in [9.17, 15) is 9.59 Å². The lowest BCUT2D eigenvalue weighted by atomic mass is 9.95. The maximum atomic E-state index is 13.2. The van der Waals surface area contributed by atoms with Crippen molar-refractivity contribution in [3.63, 3.8) is 0 Å². The lowest BCUT2D eigenvalue weighted by Crippen LogP contribution is -2.45. The van der Waals surface area contributed by atoms with Crippen LogP contribution in [0, 0.1) is 6.92 Å². The van der Waals surface area contributed by atoms with Gasteiger partial charge in [-0.15, -0.1) is 0 Å². The maximum Gasteiger partial charge on any atom is 0.278 e. The number of hydrogen-bond acceptors (Lipinski definition) is 4. The number of fused-ring (bicyclic) bond motifs is 2. The van der Waals surface area contributed by atoms with E-state index in [1.807, 2.05) is 32.9 Å². The van der Waals surface area contributed by atoms with Gasteiger partial charge in [0, 0.05) is 12.2 Å². The highest BCUT2D eigenvalue weighted by Crippen LogP contribution is 2.20. The Balaban J connectivity index is 1.92. The van der Waals surface area contributed by atoms with E-state index in [2.05, 4.69) is 5.32 Å². The van der Waals surface area contributed by atoms with Crippen molar-refractivity contribution in [2.24, 2.45) is 0 Å². The van der Waals surface area contributed by atoms with Crippen molar-refractivity contribution in [2.75, 3.05) is 5.73 Å². The Morgan fingerprint density at radius 1 is 1.28 bits per heavy atom. The van der Waals surface area contributed by atoms with Gasteiger partial charge in [-0.25, -0.2) is 4.57 Å². The molecule has 0 aliphatic heterocycles. The lowest BCUT2D eigenvalue weighted by Gasteiger charge is -2.23. The first kappa shape index (κ1) is 19.4. The quantitative estimate of drug-likeness (QED) is 0.528. The Hall–Kier alpha value is -2.96. The number of carbonyl (C=O) groups excluding carboxylic acids is 1. The molecule has 7 nitrogen and oxygen atoms in total. The Bertz CT molecular complexity index is 1160. The summed E-state index contributed by atoms with van der Waals surface area (Å²) in [6.45, 7) is 5.87. The van der Waals surface area contributed by atoms with E-state index in [0.717, 1.165) is 31.2 Å². The van der Waals surface area contributed by atoms with E-state index in [1.165, 1.54) is 10.8 Å². The van der Waals surface area contributed by atoms with Gasteiger partial charge in [-0.05, 0) is 51.3 Å². The molecule has 1 aliphatic rings. The zero-order chi connectivity index (χ0) is 20.7. The SMILES string of the molecule is Cc1ccc2nc3c(cc(C(=O)NC4CCCCC4)c(N)[n+]3C(C)C)c(=O)n2c1. The number of hydrogen-bond donors (Lipinski definition) is 2. The molecule has 0 radical (unpaired) electrons. The number of rotatable bonds is 3. The Kier molecular flexibility index (Phi) is 4.98. The number of aryl methyl sites for hydroxylation is 1. The molecule has 0 unspecified atom stereocenters. The van der Waals surface area contributed by atoms with Crippen LogP contribution in [0.25, 0.3) is 16.7 Å². The van der Waals surface area contributed by atoms with Gasteiger partial charge in [-0.2, -0.15) is 0 Å². The van der Waals surface area contributed by atoms with Crippen LogP contribution in [0.4, 0.5) is 5.82 Å². The van der Waals surface area contributed by atoms with Crippen LogP contribution in [0.5, 0.6) is 0 Å². The number of aromatic nitrogens is 3. The van der Waals surface area contributed by atoms with Gasteiger partial charge in [0.15, 0.2) is 0 Å². The summed E-state index contributed by atoms with van der Waals surface area (Å²) in [5, 5.41) is 3.50. The minimum atomic E-state index is -0.223. The largest absolute Gasteiger partial charge is 0.349 e. The van der Waals surface area contributed by atoms with E-state index in [4.69, 9.17) is 10.7 Å². The molecule has 3 N–H and O–H groups in total. The van der Waals surface area contributed by atoms with Crippen LogP contribution in [0.2, 0.25) is 0 Å². The number of nitrogens with zero attached hydrogens (tertiary/aromatic N) is 3. The van der Waals surface area contributed by atoms with Gasteiger partial charge in [0.25, 0.3) is 17.1 Å². The van der Waals surface area contributed by atoms with Crippen molar-refractivity contribution in [1.82, 2.24) is 14.7 Å². The highest BCUT2D eigenvalue weighted by atomic mass is 16.2. The molecule has 0 spiro atoms. The zero-order valence-electron chi connectivity index (χ0n) is 17.2. The average molecular weight is 394 g/mol. The summed E-state index contributed by atoms with van der Waals surface area (Å²) in [6.07, 6.45) is 7.20. The fourth-order valence-electron chi connectivity index (χ4n) is 4.23. The van der Waals surface area contributed by atoms with Crippen molar-refractivity contribution in [3.05, 3.63) is 45.9 Å². The number of nitrogens with two attached hydrogens (primary N) is 1. The molecule has 3 heterocycles. The topological polar surface area (TPSA) is 93.4 Å². The molecule has 7 heteroatoms. The van der Waals surface area contributed by atoms with Crippen molar-refractivity contribution < 1.29 is 9.36 Å². The molecule has 4 rings (SSSR count). The highest BCUT2D eigenvalue weighted by molar-refractivity contribution is 6.00. The maximum absolute atomic E-state index is 13.2. The van der Waals surface area contributed by atoms with Gasteiger partial charge in [-0.3, -0.25) is 14.0 Å². The number of carbonyl (C=O) groups is 1. The summed E-state index contributed by atoms with van der Waals surface area (Å²) in [4.78, 5) is 31.0. The summed E-state index contributed by atoms with van der Waals surface area (Å²) in [7, 11) is 0. The predicted octanol–water partition coefficient (Wildman–Crippen LogP) is 2.67. The van der Waals surface area contributed by atoms with Crippen LogP contribution in [0.1, 0.15) is 67.9 Å². The summed E-state index contributed by atoms with van der Waals surface area (Å²) >= 11 is 0. The van der Waals surface area contributed by atoms with Crippen LogP contribution < -0.4 is 21.2 Å². The number of amides is 1. The van der Waals surface area contributed by atoms with Gasteiger partial charge < -0.3 is 11.1 Å².